The van der Waals surface area contributed by atoms with Crippen molar-refractivity contribution in [2.45, 2.75) is 54.3 Å². The first kappa shape index (κ1) is 31.9. The number of esters is 1. The van der Waals surface area contributed by atoms with E-state index < -0.39 is 54.1 Å². The number of alkyl halides is 1. The number of aliphatic hydroxyl groups excluding tert-OH is 1. The molecule has 3 saturated heterocycles. The molecule has 0 radical (unpaired) electrons. The summed E-state index contributed by atoms with van der Waals surface area (Å²) in [7, 11) is 1.56. The minimum absolute atomic E-state index is 0.164. The number of carbonyl (C=O) groups excluding carboxylic acids is 3. The molecule has 3 aliphatic heterocycles. The van der Waals surface area contributed by atoms with E-state index in [0.29, 0.717) is 29.8 Å². The Bertz CT molecular complexity index is 1370. The van der Waals surface area contributed by atoms with E-state index in [0.717, 1.165) is 12.8 Å². The van der Waals surface area contributed by atoms with Crippen LogP contribution in [0.25, 0.3) is 0 Å². The van der Waals surface area contributed by atoms with Gasteiger partial charge in [-0.1, -0.05) is 58.4 Å². The number of likely N-dealkylation sites (tertiary alicyclic amines) is 1. The number of benzene rings is 2. The standard InChI is InChI=1S/C34H39BrN2O7/c1-4-6-7-11-19-43-33(41)27-28-31(39)37(26(21-38)22-12-9-8-10-13-22)30(34(28)20-25(35)29(27)44-34)32(40)36(18-5-2)23-14-16-24(42-3)17-15-23/h4-5,8-10,12-17,25-30,38H,1-2,6-7,11,18-21H2,3H3/t25?,26-,27-,28+,29-,30?,34?/m1/s1. The van der Waals surface area contributed by atoms with Crippen LogP contribution in [0, 0.1) is 11.8 Å². The number of hydrogen-bond acceptors (Lipinski definition) is 7. The molecule has 3 aliphatic rings. The van der Waals surface area contributed by atoms with Crippen LogP contribution in [0.5, 0.6) is 5.75 Å². The van der Waals surface area contributed by atoms with Crippen LogP contribution in [0.4, 0.5) is 5.69 Å². The van der Waals surface area contributed by atoms with Gasteiger partial charge in [-0.3, -0.25) is 14.4 Å². The number of ether oxygens (including phenoxy) is 3. The van der Waals surface area contributed by atoms with Gasteiger partial charge in [0, 0.05) is 17.1 Å². The molecule has 2 aromatic rings. The van der Waals surface area contributed by atoms with E-state index in [1.165, 1.54) is 4.90 Å². The van der Waals surface area contributed by atoms with E-state index in [2.05, 4.69) is 29.1 Å². The lowest BCUT2D eigenvalue weighted by Crippen LogP contribution is -2.57. The van der Waals surface area contributed by atoms with Crippen LogP contribution in [0.1, 0.15) is 37.3 Å². The molecule has 234 valence electrons. The molecule has 44 heavy (non-hydrogen) atoms. The smallest absolute Gasteiger partial charge is 0.312 e. The van der Waals surface area contributed by atoms with Crippen molar-refractivity contribution in [1.82, 2.24) is 4.90 Å². The van der Waals surface area contributed by atoms with Gasteiger partial charge in [0.2, 0.25) is 5.91 Å². The Morgan fingerprint density at radius 1 is 1.16 bits per heavy atom. The highest BCUT2D eigenvalue weighted by molar-refractivity contribution is 9.09. The Balaban J connectivity index is 1.57. The quantitative estimate of drug-likeness (QED) is 0.136. The molecule has 0 aliphatic carbocycles. The van der Waals surface area contributed by atoms with Gasteiger partial charge >= 0.3 is 5.97 Å². The first-order valence-corrected chi connectivity index (χ1v) is 15.9. The summed E-state index contributed by atoms with van der Waals surface area (Å²) in [6, 6.07) is 14.2. The number of hydrogen-bond donors (Lipinski definition) is 1. The zero-order chi connectivity index (χ0) is 31.4. The van der Waals surface area contributed by atoms with Gasteiger partial charge in [0.15, 0.2) is 0 Å². The lowest BCUT2D eigenvalue weighted by Gasteiger charge is -2.39. The van der Waals surface area contributed by atoms with Crippen LogP contribution < -0.4 is 9.64 Å². The fourth-order valence-electron chi connectivity index (χ4n) is 7.00. The SMILES string of the molecule is C=CCCCCOC(=O)[C@H]1[C@@H]2OC3(CC2Br)C(C(=O)N(CC=C)c2ccc(OC)cc2)N([C@H](CO)c2ccccc2)C(=O)[C@H]13. The second kappa shape index (κ2) is 13.7. The van der Waals surface area contributed by atoms with Gasteiger partial charge in [-0.25, -0.2) is 0 Å². The summed E-state index contributed by atoms with van der Waals surface area (Å²) >= 11 is 3.70. The van der Waals surface area contributed by atoms with Gasteiger partial charge in [-0.05, 0) is 55.5 Å². The van der Waals surface area contributed by atoms with Gasteiger partial charge in [-0.15, -0.1) is 13.2 Å². The maximum Gasteiger partial charge on any atom is 0.312 e. The number of rotatable bonds is 14. The molecule has 3 fully saturated rings. The average molecular weight is 668 g/mol. The Hall–Kier alpha value is -3.47. The summed E-state index contributed by atoms with van der Waals surface area (Å²) in [5, 5.41) is 10.7. The molecule has 1 N–H and O–H groups in total. The Morgan fingerprint density at radius 3 is 2.52 bits per heavy atom. The number of anilines is 1. The second-order valence-electron chi connectivity index (χ2n) is 11.4. The summed E-state index contributed by atoms with van der Waals surface area (Å²) in [6.45, 7) is 7.55. The molecule has 7 atom stereocenters. The van der Waals surface area contributed by atoms with E-state index in [1.807, 2.05) is 36.4 Å². The highest BCUT2D eigenvalue weighted by atomic mass is 79.9. The second-order valence-corrected chi connectivity index (χ2v) is 12.6. The summed E-state index contributed by atoms with van der Waals surface area (Å²) in [5.41, 5.74) is -0.0571. The highest BCUT2D eigenvalue weighted by Gasteiger charge is 2.77. The lowest BCUT2D eigenvalue weighted by molar-refractivity contribution is -0.155. The van der Waals surface area contributed by atoms with Crippen LogP contribution in [0.15, 0.2) is 79.9 Å². The van der Waals surface area contributed by atoms with E-state index >= 15 is 0 Å². The van der Waals surface area contributed by atoms with Crippen LogP contribution in [-0.2, 0) is 23.9 Å². The Labute approximate surface area is 266 Å². The fourth-order valence-corrected chi connectivity index (χ4v) is 7.95. The molecule has 2 aromatic carbocycles. The van der Waals surface area contributed by atoms with Crippen molar-refractivity contribution >= 4 is 39.4 Å². The minimum Gasteiger partial charge on any atom is -0.497 e. The fraction of sp³-hybridized carbons (Fsp3) is 0.441. The van der Waals surface area contributed by atoms with Crippen molar-refractivity contribution in [1.29, 1.82) is 0 Å². The number of nitrogens with zero attached hydrogens (tertiary/aromatic N) is 2. The maximum absolute atomic E-state index is 14.8. The summed E-state index contributed by atoms with van der Waals surface area (Å²) in [5.74, 6) is -2.52. The summed E-state index contributed by atoms with van der Waals surface area (Å²) in [6.07, 6.45) is 5.45. The molecule has 3 heterocycles. The third-order valence-corrected chi connectivity index (χ3v) is 9.78. The predicted octanol–water partition coefficient (Wildman–Crippen LogP) is 4.60. The first-order valence-electron chi connectivity index (χ1n) is 15.0. The number of methoxy groups -OCH3 is 1. The summed E-state index contributed by atoms with van der Waals surface area (Å²) < 4.78 is 17.6. The third-order valence-electron chi connectivity index (χ3n) is 8.93. The molecular formula is C34H39BrN2O7. The number of allylic oxidation sites excluding steroid dienone is 1. The zero-order valence-corrected chi connectivity index (χ0v) is 26.4. The van der Waals surface area contributed by atoms with Crippen molar-refractivity contribution < 1.29 is 33.7 Å². The van der Waals surface area contributed by atoms with Crippen molar-refractivity contribution in [3.63, 3.8) is 0 Å². The minimum atomic E-state index is -1.31. The van der Waals surface area contributed by atoms with Crippen molar-refractivity contribution in [3.8, 4) is 5.75 Å². The number of halogens is 1. The van der Waals surface area contributed by atoms with Crippen molar-refractivity contribution in [3.05, 3.63) is 85.5 Å². The molecular weight excluding hydrogens is 628 g/mol. The van der Waals surface area contributed by atoms with E-state index in [9.17, 15) is 19.5 Å². The molecule has 9 nitrogen and oxygen atoms in total. The van der Waals surface area contributed by atoms with Crippen LogP contribution in [0.3, 0.4) is 0 Å². The lowest BCUT2D eigenvalue weighted by atomic mass is 9.70. The Kier molecular flexibility index (Phi) is 9.92. The number of aliphatic hydroxyl groups is 1. The highest BCUT2D eigenvalue weighted by Crippen LogP contribution is 2.61. The zero-order valence-electron chi connectivity index (χ0n) is 24.8. The predicted molar refractivity (Wildman–Crippen MR) is 169 cm³/mol. The molecule has 5 rings (SSSR count). The molecule has 0 aromatic heterocycles. The molecule has 2 bridgehead atoms. The number of fused-ring (bicyclic) bond motifs is 1. The van der Waals surface area contributed by atoms with Crippen LogP contribution >= 0.6 is 15.9 Å². The van der Waals surface area contributed by atoms with E-state index in [4.69, 9.17) is 14.2 Å². The summed E-state index contributed by atoms with van der Waals surface area (Å²) in [4.78, 5) is 45.8. The first-order chi connectivity index (χ1) is 21.3. The van der Waals surface area contributed by atoms with E-state index in [-0.39, 0.29) is 23.9 Å². The Morgan fingerprint density at radius 2 is 1.89 bits per heavy atom. The normalized spacial score (nSPS) is 27.5. The van der Waals surface area contributed by atoms with E-state index in [1.54, 1.807) is 42.4 Å². The van der Waals surface area contributed by atoms with Crippen LogP contribution in [0.2, 0.25) is 0 Å². The molecule has 3 unspecified atom stereocenters. The van der Waals surface area contributed by atoms with Gasteiger partial charge < -0.3 is 29.1 Å². The number of unbranched alkanes of at least 4 members (excludes halogenated alkanes) is 2. The van der Waals surface area contributed by atoms with Gasteiger partial charge in [0.05, 0.1) is 44.3 Å². The van der Waals surface area contributed by atoms with Crippen molar-refractivity contribution in [2.24, 2.45) is 11.8 Å². The van der Waals surface area contributed by atoms with Gasteiger partial charge in [-0.2, -0.15) is 0 Å². The van der Waals surface area contributed by atoms with Gasteiger partial charge in [0.25, 0.3) is 5.91 Å². The number of amides is 2. The molecule has 2 amide bonds. The van der Waals surface area contributed by atoms with Gasteiger partial charge in [0.1, 0.15) is 17.4 Å². The van der Waals surface area contributed by atoms with Crippen LogP contribution in [-0.4, -0.2) is 77.2 Å². The van der Waals surface area contributed by atoms with Crippen molar-refractivity contribution in [2.75, 3.05) is 31.8 Å². The monoisotopic (exact) mass is 666 g/mol. The number of carbonyl (C=O) groups is 3. The molecule has 1 spiro atoms. The topological polar surface area (TPSA) is 106 Å². The molecule has 10 heteroatoms. The average Bonchev–Trinajstić information content (AvgIpc) is 3.64. The largest absolute Gasteiger partial charge is 0.497 e. The third kappa shape index (κ3) is 5.59. The maximum atomic E-state index is 14.8. The molecule has 0 saturated carbocycles.